The number of nitrogens with one attached hydrogen (secondary N) is 2. The highest BCUT2D eigenvalue weighted by atomic mass is 16.5. The number of hydrogen-bond donors (Lipinski definition) is 3. The van der Waals surface area contributed by atoms with Crippen LogP contribution in [0.15, 0.2) is 60.7 Å². The van der Waals surface area contributed by atoms with Crippen LogP contribution in [0.3, 0.4) is 0 Å². The molecule has 3 saturated heterocycles. The zero-order valence-electron chi connectivity index (χ0n) is 21.5. The molecule has 8 heteroatoms. The Labute approximate surface area is 217 Å². The highest BCUT2D eigenvalue weighted by molar-refractivity contribution is 5.99. The number of likely N-dealkylation sites (tertiary alicyclic amines) is 1. The van der Waals surface area contributed by atoms with Crippen LogP contribution in [0, 0.1) is 17.8 Å². The molecule has 2 bridgehead atoms. The molecule has 7 atom stereocenters. The van der Waals surface area contributed by atoms with Crippen molar-refractivity contribution in [3.63, 3.8) is 0 Å². The predicted molar refractivity (Wildman–Crippen MR) is 137 cm³/mol. The van der Waals surface area contributed by atoms with Crippen LogP contribution in [-0.4, -0.2) is 64.7 Å². The van der Waals surface area contributed by atoms with Gasteiger partial charge in [0.15, 0.2) is 0 Å². The normalized spacial score (nSPS) is 32.8. The number of rotatable bonds is 8. The largest absolute Gasteiger partial charge is 0.394 e. The van der Waals surface area contributed by atoms with Gasteiger partial charge in [0.05, 0.1) is 30.1 Å². The molecular weight excluding hydrogens is 470 g/mol. The quantitative estimate of drug-likeness (QED) is 0.506. The lowest BCUT2D eigenvalue weighted by atomic mass is 9.62. The Kier molecular flexibility index (Phi) is 6.58. The second-order valence-corrected chi connectivity index (χ2v) is 10.8. The summed E-state index contributed by atoms with van der Waals surface area (Å²) in [6.45, 7) is 3.88. The number of hydrogen-bond acceptors (Lipinski definition) is 5. The van der Waals surface area contributed by atoms with E-state index in [1.165, 1.54) is 4.90 Å². The highest BCUT2D eigenvalue weighted by Crippen LogP contribution is 2.65. The highest BCUT2D eigenvalue weighted by Gasteiger charge is 2.80. The lowest BCUT2D eigenvalue weighted by Crippen LogP contribution is -2.58. The molecule has 5 rings (SSSR count). The van der Waals surface area contributed by atoms with E-state index in [-0.39, 0.29) is 30.2 Å². The number of fused-ring (bicyclic) bond motifs is 1. The average Bonchev–Trinajstić information content (AvgIpc) is 3.43. The summed E-state index contributed by atoms with van der Waals surface area (Å²) in [6.07, 6.45) is 0.864. The Balaban J connectivity index is 1.55. The van der Waals surface area contributed by atoms with Gasteiger partial charge in [0.1, 0.15) is 11.6 Å². The van der Waals surface area contributed by atoms with Crippen molar-refractivity contribution in [3.05, 3.63) is 71.8 Å². The van der Waals surface area contributed by atoms with E-state index >= 15 is 0 Å². The first-order valence-electron chi connectivity index (χ1n) is 13.0. The summed E-state index contributed by atoms with van der Waals surface area (Å²) in [5, 5.41) is 16.2. The number of ether oxygens (including phenoxy) is 1. The number of amides is 3. The van der Waals surface area contributed by atoms with Crippen molar-refractivity contribution in [3.8, 4) is 0 Å². The molecule has 8 nitrogen and oxygen atoms in total. The molecule has 37 heavy (non-hydrogen) atoms. The second kappa shape index (κ2) is 9.58. The Morgan fingerprint density at radius 3 is 2.30 bits per heavy atom. The summed E-state index contributed by atoms with van der Waals surface area (Å²) in [5.41, 5.74) is -0.129. The van der Waals surface area contributed by atoms with Gasteiger partial charge in [0.2, 0.25) is 17.7 Å². The van der Waals surface area contributed by atoms with Gasteiger partial charge in [-0.3, -0.25) is 14.4 Å². The fraction of sp³-hybridized carbons (Fsp3) is 0.483. The van der Waals surface area contributed by atoms with Gasteiger partial charge in [-0.2, -0.15) is 0 Å². The molecule has 3 amide bonds. The Hall–Kier alpha value is -3.23. The summed E-state index contributed by atoms with van der Waals surface area (Å²) in [7, 11) is 1.56. The smallest absolute Gasteiger partial charge is 0.246 e. The number of carbonyl (C=O) groups is 3. The van der Waals surface area contributed by atoms with Crippen LogP contribution in [0.25, 0.3) is 0 Å². The molecule has 3 N–H and O–H groups in total. The van der Waals surface area contributed by atoms with Crippen LogP contribution in [0.5, 0.6) is 0 Å². The van der Waals surface area contributed by atoms with Crippen molar-refractivity contribution in [2.75, 3.05) is 13.7 Å². The SMILES string of the molecule is CNC(=O)[C@@H]1[C@H]2C(=O)N([C@@H](CO)Cc3ccccc3)C(C(=O)NCc3ccccc3)C23CC(C)[C@@]1(C)O3. The summed E-state index contributed by atoms with van der Waals surface area (Å²) < 4.78 is 6.68. The van der Waals surface area contributed by atoms with Gasteiger partial charge in [0, 0.05) is 13.6 Å². The van der Waals surface area contributed by atoms with E-state index < -0.39 is 35.1 Å². The van der Waals surface area contributed by atoms with E-state index in [2.05, 4.69) is 10.6 Å². The molecule has 0 aliphatic carbocycles. The predicted octanol–water partition coefficient (Wildman–Crippen LogP) is 1.66. The van der Waals surface area contributed by atoms with Crippen LogP contribution in [0.2, 0.25) is 0 Å². The van der Waals surface area contributed by atoms with Gasteiger partial charge in [-0.05, 0) is 36.8 Å². The number of benzene rings is 2. The van der Waals surface area contributed by atoms with Crippen molar-refractivity contribution in [1.29, 1.82) is 0 Å². The molecule has 1 spiro atoms. The summed E-state index contributed by atoms with van der Waals surface area (Å²) in [5.74, 6) is -2.46. The zero-order chi connectivity index (χ0) is 26.4. The van der Waals surface area contributed by atoms with Gasteiger partial charge in [-0.25, -0.2) is 0 Å². The fourth-order valence-corrected chi connectivity index (χ4v) is 6.94. The molecule has 0 saturated carbocycles. The van der Waals surface area contributed by atoms with Gasteiger partial charge in [0.25, 0.3) is 0 Å². The van der Waals surface area contributed by atoms with Gasteiger partial charge >= 0.3 is 0 Å². The van der Waals surface area contributed by atoms with E-state index in [4.69, 9.17) is 4.74 Å². The zero-order valence-corrected chi connectivity index (χ0v) is 21.5. The first-order chi connectivity index (χ1) is 17.8. The third-order valence-corrected chi connectivity index (χ3v) is 8.76. The van der Waals surface area contributed by atoms with Crippen LogP contribution >= 0.6 is 0 Å². The number of aliphatic hydroxyl groups excluding tert-OH is 1. The van der Waals surface area contributed by atoms with Crippen LogP contribution in [0.4, 0.5) is 0 Å². The van der Waals surface area contributed by atoms with Crippen molar-refractivity contribution in [2.24, 2.45) is 17.8 Å². The van der Waals surface area contributed by atoms with Crippen LogP contribution < -0.4 is 10.6 Å². The second-order valence-electron chi connectivity index (χ2n) is 10.8. The first kappa shape index (κ1) is 25.4. The molecule has 3 unspecified atom stereocenters. The Morgan fingerprint density at radius 2 is 1.70 bits per heavy atom. The minimum atomic E-state index is -1.15. The third kappa shape index (κ3) is 3.94. The topological polar surface area (TPSA) is 108 Å². The molecule has 3 aliphatic heterocycles. The molecule has 2 aromatic rings. The number of carbonyl (C=O) groups excluding carboxylic acids is 3. The Bertz CT molecular complexity index is 1170. The Morgan fingerprint density at radius 1 is 1.08 bits per heavy atom. The summed E-state index contributed by atoms with van der Waals surface area (Å²) in [4.78, 5) is 42.8. The van der Waals surface area contributed by atoms with E-state index in [9.17, 15) is 19.5 Å². The number of aliphatic hydroxyl groups is 1. The maximum atomic E-state index is 14.2. The van der Waals surface area contributed by atoms with Crippen molar-refractivity contribution < 1.29 is 24.2 Å². The monoisotopic (exact) mass is 505 g/mol. The van der Waals surface area contributed by atoms with E-state index in [0.717, 1.165) is 11.1 Å². The maximum absolute atomic E-state index is 14.2. The van der Waals surface area contributed by atoms with E-state index in [1.807, 2.05) is 74.5 Å². The third-order valence-electron chi connectivity index (χ3n) is 8.76. The molecule has 3 aliphatic rings. The molecule has 2 aromatic carbocycles. The summed E-state index contributed by atoms with van der Waals surface area (Å²) >= 11 is 0. The van der Waals surface area contributed by atoms with Crippen molar-refractivity contribution in [1.82, 2.24) is 15.5 Å². The van der Waals surface area contributed by atoms with Gasteiger partial charge in [-0.15, -0.1) is 0 Å². The maximum Gasteiger partial charge on any atom is 0.246 e. The summed E-state index contributed by atoms with van der Waals surface area (Å²) in [6, 6.07) is 17.5. The molecule has 0 aromatic heterocycles. The molecular formula is C29H35N3O5. The standard InChI is InChI=1S/C29H35N3O5/c1-18-15-29-23(22(25(34)30-3)28(18,2)37-29)27(36)32(21(17-33)14-19-10-6-4-7-11-19)24(29)26(35)31-16-20-12-8-5-9-13-20/h4-13,18,21-24,33H,14-17H2,1-3H3,(H,30,34)(H,31,35)/t18?,21-,22+,23+,24?,28-,29?/m1/s1. The first-order valence-corrected chi connectivity index (χ1v) is 13.0. The minimum absolute atomic E-state index is 0.0371. The lowest BCUT2D eigenvalue weighted by Gasteiger charge is -2.37. The van der Waals surface area contributed by atoms with Crippen molar-refractivity contribution >= 4 is 17.7 Å². The minimum Gasteiger partial charge on any atom is -0.394 e. The lowest BCUT2D eigenvalue weighted by molar-refractivity contribution is -0.150. The van der Waals surface area contributed by atoms with Crippen LogP contribution in [-0.2, 0) is 32.1 Å². The van der Waals surface area contributed by atoms with Gasteiger partial charge in [-0.1, -0.05) is 67.6 Å². The van der Waals surface area contributed by atoms with E-state index in [0.29, 0.717) is 19.4 Å². The van der Waals surface area contributed by atoms with Gasteiger partial charge < -0.3 is 25.4 Å². The molecule has 0 radical (unpaired) electrons. The van der Waals surface area contributed by atoms with E-state index in [1.54, 1.807) is 7.05 Å². The molecule has 3 fully saturated rings. The van der Waals surface area contributed by atoms with Crippen LogP contribution in [0.1, 0.15) is 31.4 Å². The fourth-order valence-electron chi connectivity index (χ4n) is 6.94. The molecule has 3 heterocycles. The number of nitrogens with zero attached hydrogens (tertiary/aromatic N) is 1. The van der Waals surface area contributed by atoms with Crippen molar-refractivity contribution in [2.45, 2.75) is 56.5 Å². The average molecular weight is 506 g/mol. The molecule has 196 valence electrons.